The zero-order valence-electron chi connectivity index (χ0n) is 7.81. The number of aryl methyl sites for hydroxylation is 1. The largest absolute Gasteiger partial charge is 0.252 e. The smallest absolute Gasteiger partial charge is 0.123 e. The minimum absolute atomic E-state index is 0.239. The molecule has 1 heterocycles. The second-order valence-electron chi connectivity index (χ2n) is 2.97. The molecule has 0 saturated carbocycles. The fraction of sp³-hybridized carbons (Fsp3) is 0.200. The lowest BCUT2D eigenvalue weighted by Crippen LogP contribution is -1.93. The second-order valence-corrected chi connectivity index (χ2v) is 2.97. The standard InChI is InChI=1S/C10H10FN3/c1-2-14-7-10(12-13-14)8-3-5-9(11)6-4-8/h3-7H,2H2,1H3. The molecule has 0 radical (unpaired) electrons. The summed E-state index contributed by atoms with van der Waals surface area (Å²) in [6.45, 7) is 2.78. The Balaban J connectivity index is 2.34. The average Bonchev–Trinajstić information content (AvgIpc) is 2.67. The van der Waals surface area contributed by atoms with Gasteiger partial charge in [-0.05, 0) is 31.2 Å². The molecule has 0 unspecified atom stereocenters. The molecule has 1 aromatic heterocycles. The van der Waals surface area contributed by atoms with E-state index in [4.69, 9.17) is 0 Å². The van der Waals surface area contributed by atoms with Crippen molar-refractivity contribution in [3.05, 3.63) is 36.3 Å². The summed E-state index contributed by atoms with van der Waals surface area (Å²) < 4.78 is 14.4. The fourth-order valence-corrected chi connectivity index (χ4v) is 1.21. The summed E-state index contributed by atoms with van der Waals surface area (Å²) in [5.74, 6) is -0.239. The summed E-state index contributed by atoms with van der Waals surface area (Å²) in [7, 11) is 0. The van der Waals surface area contributed by atoms with Crippen molar-refractivity contribution >= 4 is 0 Å². The van der Waals surface area contributed by atoms with Crippen LogP contribution >= 0.6 is 0 Å². The predicted molar refractivity (Wildman–Crippen MR) is 51.1 cm³/mol. The first-order chi connectivity index (χ1) is 6.79. The first-order valence-electron chi connectivity index (χ1n) is 4.45. The highest BCUT2D eigenvalue weighted by Crippen LogP contribution is 2.15. The number of hydrogen-bond acceptors (Lipinski definition) is 2. The van der Waals surface area contributed by atoms with Gasteiger partial charge in [-0.1, -0.05) is 5.21 Å². The van der Waals surface area contributed by atoms with Gasteiger partial charge < -0.3 is 0 Å². The summed E-state index contributed by atoms with van der Waals surface area (Å²) in [5, 5.41) is 7.88. The Morgan fingerprint density at radius 3 is 2.57 bits per heavy atom. The number of hydrogen-bond donors (Lipinski definition) is 0. The minimum Gasteiger partial charge on any atom is -0.252 e. The van der Waals surface area contributed by atoms with Crippen LogP contribution in [0.15, 0.2) is 30.5 Å². The van der Waals surface area contributed by atoms with Crippen molar-refractivity contribution in [2.75, 3.05) is 0 Å². The van der Waals surface area contributed by atoms with E-state index in [0.29, 0.717) is 0 Å². The summed E-state index contributed by atoms with van der Waals surface area (Å²) in [4.78, 5) is 0. The lowest BCUT2D eigenvalue weighted by atomic mass is 10.2. The average molecular weight is 191 g/mol. The Bertz CT molecular complexity index is 419. The van der Waals surface area contributed by atoms with Gasteiger partial charge in [0.05, 0.1) is 6.20 Å². The van der Waals surface area contributed by atoms with Crippen LogP contribution in [0.5, 0.6) is 0 Å². The molecule has 0 spiro atoms. The molecule has 14 heavy (non-hydrogen) atoms. The van der Waals surface area contributed by atoms with Crippen LogP contribution in [0.25, 0.3) is 11.3 Å². The summed E-state index contributed by atoms with van der Waals surface area (Å²) in [5.41, 5.74) is 1.65. The Morgan fingerprint density at radius 1 is 1.29 bits per heavy atom. The number of rotatable bonds is 2. The molecule has 0 fully saturated rings. The molecule has 0 aliphatic rings. The normalized spacial score (nSPS) is 10.4. The quantitative estimate of drug-likeness (QED) is 0.727. The molecular weight excluding hydrogens is 181 g/mol. The SMILES string of the molecule is CCn1cc(-c2ccc(F)cc2)nn1. The fourth-order valence-electron chi connectivity index (χ4n) is 1.21. The molecule has 0 saturated heterocycles. The summed E-state index contributed by atoms with van der Waals surface area (Å²) >= 11 is 0. The second kappa shape index (κ2) is 3.57. The van der Waals surface area contributed by atoms with Crippen LogP contribution in [-0.2, 0) is 6.54 Å². The van der Waals surface area contributed by atoms with Crippen molar-refractivity contribution in [3.63, 3.8) is 0 Å². The first-order valence-corrected chi connectivity index (χ1v) is 4.45. The molecule has 0 N–H and O–H groups in total. The van der Waals surface area contributed by atoms with Crippen LogP contribution in [0.1, 0.15) is 6.92 Å². The van der Waals surface area contributed by atoms with Gasteiger partial charge in [0.25, 0.3) is 0 Å². The van der Waals surface area contributed by atoms with Gasteiger partial charge in [-0.15, -0.1) is 5.10 Å². The van der Waals surface area contributed by atoms with Gasteiger partial charge in [-0.25, -0.2) is 4.39 Å². The van der Waals surface area contributed by atoms with Gasteiger partial charge in [0.1, 0.15) is 11.5 Å². The van der Waals surface area contributed by atoms with Gasteiger partial charge in [0, 0.05) is 12.1 Å². The Hall–Kier alpha value is -1.71. The van der Waals surface area contributed by atoms with E-state index in [2.05, 4.69) is 10.3 Å². The predicted octanol–water partition coefficient (Wildman–Crippen LogP) is 2.10. The van der Waals surface area contributed by atoms with E-state index >= 15 is 0 Å². The molecule has 72 valence electrons. The highest BCUT2D eigenvalue weighted by Gasteiger charge is 2.02. The maximum atomic E-state index is 12.6. The zero-order chi connectivity index (χ0) is 9.97. The Morgan fingerprint density at radius 2 is 2.00 bits per heavy atom. The minimum atomic E-state index is -0.239. The van der Waals surface area contributed by atoms with E-state index < -0.39 is 0 Å². The van der Waals surface area contributed by atoms with E-state index in [1.54, 1.807) is 16.8 Å². The van der Waals surface area contributed by atoms with Crippen LogP contribution in [0.2, 0.25) is 0 Å². The maximum absolute atomic E-state index is 12.6. The lowest BCUT2D eigenvalue weighted by molar-refractivity contribution is 0.626. The zero-order valence-corrected chi connectivity index (χ0v) is 7.81. The molecule has 4 heteroatoms. The monoisotopic (exact) mass is 191 g/mol. The summed E-state index contributed by atoms with van der Waals surface area (Å²) in [6, 6.07) is 6.22. The lowest BCUT2D eigenvalue weighted by Gasteiger charge is -1.94. The molecule has 0 bridgehead atoms. The van der Waals surface area contributed by atoms with Crippen LogP contribution in [0, 0.1) is 5.82 Å². The molecule has 2 rings (SSSR count). The van der Waals surface area contributed by atoms with E-state index in [1.165, 1.54) is 12.1 Å². The third kappa shape index (κ3) is 1.64. The third-order valence-electron chi connectivity index (χ3n) is 2.00. The molecule has 1 aromatic carbocycles. The topological polar surface area (TPSA) is 30.7 Å². The molecular formula is C10H10FN3. The van der Waals surface area contributed by atoms with Crippen molar-refractivity contribution in [1.82, 2.24) is 15.0 Å². The van der Waals surface area contributed by atoms with Crippen molar-refractivity contribution in [3.8, 4) is 11.3 Å². The Labute approximate surface area is 81.2 Å². The van der Waals surface area contributed by atoms with Crippen LogP contribution in [-0.4, -0.2) is 15.0 Å². The third-order valence-corrected chi connectivity index (χ3v) is 2.00. The highest BCUT2D eigenvalue weighted by atomic mass is 19.1. The van der Waals surface area contributed by atoms with Crippen LogP contribution < -0.4 is 0 Å². The van der Waals surface area contributed by atoms with E-state index in [0.717, 1.165) is 17.8 Å². The van der Waals surface area contributed by atoms with Gasteiger partial charge in [0.2, 0.25) is 0 Å². The molecule has 0 aliphatic carbocycles. The number of aromatic nitrogens is 3. The van der Waals surface area contributed by atoms with Crippen molar-refractivity contribution in [2.24, 2.45) is 0 Å². The van der Waals surface area contributed by atoms with Crippen LogP contribution in [0.4, 0.5) is 4.39 Å². The van der Waals surface area contributed by atoms with Gasteiger partial charge in [-0.2, -0.15) is 0 Å². The van der Waals surface area contributed by atoms with Gasteiger partial charge in [0.15, 0.2) is 0 Å². The molecule has 0 amide bonds. The van der Waals surface area contributed by atoms with Crippen molar-refractivity contribution in [2.45, 2.75) is 13.5 Å². The highest BCUT2D eigenvalue weighted by molar-refractivity contribution is 5.57. The Kier molecular flexibility index (Phi) is 2.26. The van der Waals surface area contributed by atoms with Crippen LogP contribution in [0.3, 0.4) is 0 Å². The van der Waals surface area contributed by atoms with Gasteiger partial charge >= 0.3 is 0 Å². The van der Waals surface area contributed by atoms with Gasteiger partial charge in [-0.3, -0.25) is 4.68 Å². The number of benzene rings is 1. The van der Waals surface area contributed by atoms with E-state index in [9.17, 15) is 4.39 Å². The summed E-state index contributed by atoms with van der Waals surface area (Å²) in [6.07, 6.45) is 1.84. The van der Waals surface area contributed by atoms with Crippen molar-refractivity contribution in [1.29, 1.82) is 0 Å². The molecule has 3 nitrogen and oxygen atoms in total. The van der Waals surface area contributed by atoms with E-state index in [1.807, 2.05) is 13.1 Å². The maximum Gasteiger partial charge on any atom is 0.123 e. The molecule has 0 aliphatic heterocycles. The first kappa shape index (κ1) is 8.87. The number of halogens is 1. The molecule has 2 aromatic rings. The number of nitrogens with zero attached hydrogens (tertiary/aromatic N) is 3. The van der Waals surface area contributed by atoms with E-state index in [-0.39, 0.29) is 5.82 Å². The molecule has 0 atom stereocenters. The van der Waals surface area contributed by atoms with Crippen molar-refractivity contribution < 1.29 is 4.39 Å².